The second-order valence-corrected chi connectivity index (χ2v) is 5.98. The Labute approximate surface area is 138 Å². The minimum Gasteiger partial charge on any atom is -0.497 e. The number of nitrogens with one attached hydrogen (secondary N) is 1. The molecule has 1 aliphatic rings. The number of ether oxygens (including phenoxy) is 2. The maximum Gasteiger partial charge on any atom is 0.119 e. The van der Waals surface area contributed by atoms with Crippen LogP contribution in [-0.4, -0.2) is 20.3 Å². The first-order valence-electron chi connectivity index (χ1n) is 8.44. The van der Waals surface area contributed by atoms with Crippen molar-refractivity contribution >= 4 is 0 Å². The summed E-state index contributed by atoms with van der Waals surface area (Å²) in [6, 6.07) is 15.0. The van der Waals surface area contributed by atoms with Crippen molar-refractivity contribution in [2.45, 2.75) is 32.2 Å². The normalized spacial score (nSPS) is 16.7. The Morgan fingerprint density at radius 1 is 1.13 bits per heavy atom. The summed E-state index contributed by atoms with van der Waals surface area (Å²) in [4.78, 5) is 0. The van der Waals surface area contributed by atoms with Crippen molar-refractivity contribution in [1.82, 2.24) is 5.32 Å². The van der Waals surface area contributed by atoms with Crippen LogP contribution in [0.15, 0.2) is 42.5 Å². The fraction of sp³-hybridized carbons (Fsp3) is 0.400. The Morgan fingerprint density at radius 3 is 2.87 bits per heavy atom. The SMILES string of the molecule is CCCCOc1cccc(C2NCCc3cc(OC)ccc32)c1. The van der Waals surface area contributed by atoms with Crippen LogP contribution in [0, 0.1) is 0 Å². The van der Waals surface area contributed by atoms with E-state index in [1.165, 1.54) is 16.7 Å². The van der Waals surface area contributed by atoms with Gasteiger partial charge in [0.05, 0.1) is 19.8 Å². The van der Waals surface area contributed by atoms with Crippen molar-refractivity contribution in [1.29, 1.82) is 0 Å². The molecule has 0 fully saturated rings. The lowest BCUT2D eigenvalue weighted by atomic mass is 9.89. The molecule has 0 amide bonds. The fourth-order valence-electron chi connectivity index (χ4n) is 3.08. The molecule has 23 heavy (non-hydrogen) atoms. The van der Waals surface area contributed by atoms with E-state index in [0.29, 0.717) is 0 Å². The summed E-state index contributed by atoms with van der Waals surface area (Å²) in [5.41, 5.74) is 3.96. The average Bonchev–Trinajstić information content (AvgIpc) is 2.61. The Bertz CT molecular complexity index is 654. The van der Waals surface area contributed by atoms with Gasteiger partial charge >= 0.3 is 0 Å². The molecule has 0 bridgehead atoms. The second-order valence-electron chi connectivity index (χ2n) is 5.98. The van der Waals surface area contributed by atoms with Gasteiger partial charge in [-0.25, -0.2) is 0 Å². The lowest BCUT2D eigenvalue weighted by molar-refractivity contribution is 0.309. The van der Waals surface area contributed by atoms with Crippen molar-refractivity contribution in [2.75, 3.05) is 20.3 Å². The number of hydrogen-bond donors (Lipinski definition) is 1. The summed E-state index contributed by atoms with van der Waals surface area (Å²) >= 11 is 0. The van der Waals surface area contributed by atoms with Gasteiger partial charge in [-0.1, -0.05) is 31.5 Å². The lowest BCUT2D eigenvalue weighted by Crippen LogP contribution is -2.30. The topological polar surface area (TPSA) is 30.5 Å². The van der Waals surface area contributed by atoms with Crippen molar-refractivity contribution in [3.63, 3.8) is 0 Å². The van der Waals surface area contributed by atoms with Gasteiger partial charge in [-0.3, -0.25) is 0 Å². The molecule has 1 atom stereocenters. The van der Waals surface area contributed by atoms with Crippen LogP contribution >= 0.6 is 0 Å². The van der Waals surface area contributed by atoms with Crippen molar-refractivity contribution in [3.8, 4) is 11.5 Å². The first-order chi connectivity index (χ1) is 11.3. The number of benzene rings is 2. The van der Waals surface area contributed by atoms with Gasteiger partial charge in [-0.15, -0.1) is 0 Å². The highest BCUT2D eigenvalue weighted by Gasteiger charge is 2.22. The zero-order valence-electron chi connectivity index (χ0n) is 14.0. The highest BCUT2D eigenvalue weighted by Crippen LogP contribution is 2.32. The molecule has 0 radical (unpaired) electrons. The summed E-state index contributed by atoms with van der Waals surface area (Å²) in [5, 5.41) is 3.63. The Morgan fingerprint density at radius 2 is 2.04 bits per heavy atom. The van der Waals surface area contributed by atoms with E-state index in [9.17, 15) is 0 Å². The molecule has 1 N–H and O–H groups in total. The van der Waals surface area contributed by atoms with Crippen LogP contribution in [0.1, 0.15) is 42.5 Å². The highest BCUT2D eigenvalue weighted by molar-refractivity contribution is 5.45. The van der Waals surface area contributed by atoms with Crippen LogP contribution in [-0.2, 0) is 6.42 Å². The van der Waals surface area contributed by atoms with Gasteiger partial charge in [0.1, 0.15) is 11.5 Å². The molecule has 3 heteroatoms. The van der Waals surface area contributed by atoms with Crippen LogP contribution in [0.4, 0.5) is 0 Å². The molecule has 122 valence electrons. The third-order valence-electron chi connectivity index (χ3n) is 4.36. The minimum absolute atomic E-state index is 0.222. The number of hydrogen-bond acceptors (Lipinski definition) is 3. The fourth-order valence-corrected chi connectivity index (χ4v) is 3.08. The Kier molecular flexibility index (Phi) is 5.19. The number of rotatable bonds is 6. The summed E-state index contributed by atoms with van der Waals surface area (Å²) in [5.74, 6) is 1.89. The smallest absolute Gasteiger partial charge is 0.119 e. The number of methoxy groups -OCH3 is 1. The van der Waals surface area contributed by atoms with E-state index in [1.807, 2.05) is 12.1 Å². The summed E-state index contributed by atoms with van der Waals surface area (Å²) in [7, 11) is 1.72. The molecule has 2 aromatic rings. The molecule has 1 heterocycles. The molecule has 0 aliphatic carbocycles. The van der Waals surface area contributed by atoms with Crippen molar-refractivity contribution in [2.24, 2.45) is 0 Å². The summed E-state index contributed by atoms with van der Waals surface area (Å²) < 4.78 is 11.2. The van der Waals surface area contributed by atoms with Gasteiger partial charge in [-0.05, 0) is 53.8 Å². The molecule has 0 spiro atoms. The molecule has 3 rings (SSSR count). The van der Waals surface area contributed by atoms with Gasteiger partial charge in [-0.2, -0.15) is 0 Å². The predicted octanol–water partition coefficient (Wildman–Crippen LogP) is 4.11. The molecule has 1 aliphatic heterocycles. The van der Waals surface area contributed by atoms with E-state index in [0.717, 1.165) is 43.9 Å². The number of fused-ring (bicyclic) bond motifs is 1. The van der Waals surface area contributed by atoms with Crippen LogP contribution < -0.4 is 14.8 Å². The van der Waals surface area contributed by atoms with E-state index < -0.39 is 0 Å². The predicted molar refractivity (Wildman–Crippen MR) is 93.4 cm³/mol. The summed E-state index contributed by atoms with van der Waals surface area (Å²) in [6.07, 6.45) is 3.28. The van der Waals surface area contributed by atoms with E-state index in [4.69, 9.17) is 9.47 Å². The zero-order valence-corrected chi connectivity index (χ0v) is 14.0. The highest BCUT2D eigenvalue weighted by atomic mass is 16.5. The van der Waals surface area contributed by atoms with Crippen molar-refractivity contribution < 1.29 is 9.47 Å². The molecule has 0 aromatic heterocycles. The zero-order chi connectivity index (χ0) is 16.1. The third-order valence-corrected chi connectivity index (χ3v) is 4.36. The molecule has 1 unspecified atom stereocenters. The Hall–Kier alpha value is -2.00. The van der Waals surface area contributed by atoms with E-state index >= 15 is 0 Å². The maximum absolute atomic E-state index is 5.85. The van der Waals surface area contributed by atoms with Crippen LogP contribution in [0.25, 0.3) is 0 Å². The molecule has 0 saturated heterocycles. The first-order valence-corrected chi connectivity index (χ1v) is 8.44. The van der Waals surface area contributed by atoms with Crippen LogP contribution in [0.2, 0.25) is 0 Å². The van der Waals surface area contributed by atoms with E-state index in [1.54, 1.807) is 7.11 Å². The quantitative estimate of drug-likeness (QED) is 0.814. The van der Waals surface area contributed by atoms with Crippen LogP contribution in [0.3, 0.4) is 0 Å². The van der Waals surface area contributed by atoms with Gasteiger partial charge in [0.15, 0.2) is 0 Å². The largest absolute Gasteiger partial charge is 0.497 e. The minimum atomic E-state index is 0.222. The average molecular weight is 311 g/mol. The monoisotopic (exact) mass is 311 g/mol. The van der Waals surface area contributed by atoms with Gasteiger partial charge in [0, 0.05) is 6.54 Å². The van der Waals surface area contributed by atoms with E-state index in [-0.39, 0.29) is 6.04 Å². The summed E-state index contributed by atoms with van der Waals surface area (Å²) in [6.45, 7) is 3.94. The molecule has 2 aromatic carbocycles. The second kappa shape index (κ2) is 7.51. The maximum atomic E-state index is 5.85. The van der Waals surface area contributed by atoms with Gasteiger partial charge in [0.25, 0.3) is 0 Å². The van der Waals surface area contributed by atoms with Gasteiger partial charge < -0.3 is 14.8 Å². The van der Waals surface area contributed by atoms with Gasteiger partial charge in [0.2, 0.25) is 0 Å². The van der Waals surface area contributed by atoms with Crippen molar-refractivity contribution in [3.05, 3.63) is 59.2 Å². The first kappa shape index (κ1) is 15.9. The van der Waals surface area contributed by atoms with E-state index in [2.05, 4.69) is 42.6 Å². The lowest BCUT2D eigenvalue weighted by Gasteiger charge is -2.28. The molecule has 0 saturated carbocycles. The standard InChI is InChI=1S/C20H25NO2/c1-3-4-12-23-18-7-5-6-16(14-18)20-19-9-8-17(22-2)13-15(19)10-11-21-20/h5-9,13-14,20-21H,3-4,10-12H2,1-2H3. The molecular weight excluding hydrogens is 286 g/mol. The third kappa shape index (κ3) is 3.67. The molecule has 3 nitrogen and oxygen atoms in total. The van der Waals surface area contributed by atoms with Crippen LogP contribution in [0.5, 0.6) is 11.5 Å². The number of unbranched alkanes of at least 4 members (excludes halogenated alkanes) is 1. The molecular formula is C20H25NO2. The Balaban J connectivity index is 1.84.